The molecule has 17 heavy (non-hydrogen) atoms. The quantitative estimate of drug-likeness (QED) is 0.405. The van der Waals surface area contributed by atoms with Gasteiger partial charge in [0.1, 0.15) is 12.1 Å². The van der Waals surface area contributed by atoms with Crippen molar-refractivity contribution in [1.82, 2.24) is 0 Å². The summed E-state index contributed by atoms with van der Waals surface area (Å²) in [7, 11) is 0. The molecule has 0 saturated heterocycles. The first-order valence-corrected chi connectivity index (χ1v) is 6.05. The smallest absolute Gasteiger partial charge is 0.321 e. The highest BCUT2D eigenvalue weighted by Crippen LogP contribution is 2.01. The lowest BCUT2D eigenvalue weighted by atomic mass is 10.4. The zero-order valence-corrected chi connectivity index (χ0v) is 10.9. The van der Waals surface area contributed by atoms with Crippen LogP contribution < -0.4 is 11.5 Å². The maximum atomic E-state index is 10.3. The Kier molecular flexibility index (Phi) is 11.4. The molecule has 0 radical (unpaired) electrons. The molecule has 0 bridgehead atoms. The number of aliphatic carboxylic acids is 2. The first-order chi connectivity index (χ1) is 7.72. The van der Waals surface area contributed by atoms with Gasteiger partial charge in [0.25, 0.3) is 0 Å². The number of thioether (sulfide) groups is 1. The molecule has 0 aromatic rings. The average molecular weight is 284 g/mol. The van der Waals surface area contributed by atoms with Crippen LogP contribution in [0.25, 0.3) is 0 Å². The molecule has 0 aliphatic heterocycles. The number of carboxylic acids is 2. The van der Waals surface area contributed by atoms with Crippen molar-refractivity contribution in [3.63, 3.8) is 0 Å². The normalized spacial score (nSPS) is 12.9. The summed E-state index contributed by atoms with van der Waals surface area (Å²) in [5.74, 6) is -1.75. The van der Waals surface area contributed by atoms with Crippen LogP contribution in [-0.4, -0.2) is 50.9 Å². The SMILES string of the molecule is CC(=O)SC[C@H](N)C(=O)O.N[C@@H](CS)C(=O)O. The summed E-state index contributed by atoms with van der Waals surface area (Å²) < 4.78 is 0. The van der Waals surface area contributed by atoms with E-state index in [1.165, 1.54) is 6.92 Å². The van der Waals surface area contributed by atoms with Crippen LogP contribution in [0.1, 0.15) is 6.92 Å². The molecular weight excluding hydrogens is 268 g/mol. The lowest BCUT2D eigenvalue weighted by Crippen LogP contribution is -2.32. The summed E-state index contributed by atoms with van der Waals surface area (Å²) >= 11 is 4.57. The minimum atomic E-state index is -1.08. The predicted octanol–water partition coefficient (Wildman–Crippen LogP) is -0.994. The Labute approximate surface area is 108 Å². The molecule has 0 rings (SSSR count). The van der Waals surface area contributed by atoms with E-state index < -0.39 is 24.0 Å². The highest BCUT2D eigenvalue weighted by Gasteiger charge is 2.11. The van der Waals surface area contributed by atoms with Crippen LogP contribution in [0, 0.1) is 0 Å². The highest BCUT2D eigenvalue weighted by molar-refractivity contribution is 8.13. The molecule has 0 aromatic heterocycles. The van der Waals surface area contributed by atoms with Crippen molar-refractivity contribution in [3.8, 4) is 0 Å². The number of rotatable bonds is 5. The molecular formula is C8H16N2O5S2. The molecule has 0 heterocycles. The van der Waals surface area contributed by atoms with Crippen LogP contribution in [-0.2, 0) is 14.4 Å². The van der Waals surface area contributed by atoms with Gasteiger partial charge in [0, 0.05) is 18.4 Å². The monoisotopic (exact) mass is 284 g/mol. The number of thiol groups is 1. The first kappa shape index (κ1) is 18.6. The van der Waals surface area contributed by atoms with Crippen molar-refractivity contribution in [3.05, 3.63) is 0 Å². The molecule has 100 valence electrons. The van der Waals surface area contributed by atoms with Crippen molar-refractivity contribution in [2.24, 2.45) is 11.5 Å². The molecule has 9 heteroatoms. The van der Waals surface area contributed by atoms with Gasteiger partial charge in [-0.25, -0.2) is 0 Å². The van der Waals surface area contributed by atoms with Crippen LogP contribution in [0.5, 0.6) is 0 Å². The zero-order chi connectivity index (χ0) is 14.0. The average Bonchev–Trinajstić information content (AvgIpc) is 2.24. The molecule has 0 fully saturated rings. The molecule has 0 amide bonds. The van der Waals surface area contributed by atoms with E-state index in [4.69, 9.17) is 21.7 Å². The maximum absolute atomic E-state index is 10.3. The van der Waals surface area contributed by atoms with Gasteiger partial charge in [0.05, 0.1) is 0 Å². The summed E-state index contributed by atoms with van der Waals surface area (Å²) in [5.41, 5.74) is 10.0. The number of nitrogens with two attached hydrogens (primary N) is 2. The van der Waals surface area contributed by atoms with Crippen molar-refractivity contribution in [2.75, 3.05) is 11.5 Å². The molecule has 0 aliphatic rings. The molecule has 0 spiro atoms. The molecule has 0 aromatic carbocycles. The van der Waals surface area contributed by atoms with E-state index >= 15 is 0 Å². The summed E-state index contributed by atoms with van der Waals surface area (Å²) in [6.45, 7) is 1.37. The van der Waals surface area contributed by atoms with Crippen molar-refractivity contribution in [1.29, 1.82) is 0 Å². The third-order valence-corrected chi connectivity index (χ3v) is 2.62. The molecule has 0 saturated carbocycles. The fraction of sp³-hybridized carbons (Fsp3) is 0.625. The van der Waals surface area contributed by atoms with Crippen LogP contribution in [0.2, 0.25) is 0 Å². The standard InChI is InChI=1S/C5H9NO3S.C3H7NO2S/c1-3(7)10-2-4(6)5(8)9;4-2(1-7)3(5)6/h4H,2,6H2,1H3,(H,8,9);2,7H,1,4H2,(H,5,6)/t4-;2-/m00/s1. The van der Waals surface area contributed by atoms with E-state index in [-0.39, 0.29) is 16.6 Å². The second kappa shape index (κ2) is 10.4. The number of hydrogen-bond donors (Lipinski definition) is 5. The number of carbonyl (C=O) groups is 3. The highest BCUT2D eigenvalue weighted by atomic mass is 32.2. The Morgan fingerprint density at radius 3 is 1.76 bits per heavy atom. The van der Waals surface area contributed by atoms with Crippen molar-refractivity contribution >= 4 is 41.4 Å². The van der Waals surface area contributed by atoms with Crippen LogP contribution in [0.15, 0.2) is 0 Å². The first-order valence-electron chi connectivity index (χ1n) is 4.43. The summed E-state index contributed by atoms with van der Waals surface area (Å²) in [6, 6.07) is -1.75. The second-order valence-corrected chi connectivity index (χ2v) is 4.44. The Bertz CT molecular complexity index is 275. The van der Waals surface area contributed by atoms with E-state index in [0.29, 0.717) is 0 Å². The minimum absolute atomic E-state index is 0.114. The fourth-order valence-corrected chi connectivity index (χ4v) is 1.07. The topological polar surface area (TPSA) is 144 Å². The lowest BCUT2D eigenvalue weighted by molar-refractivity contribution is -0.138. The molecule has 0 unspecified atom stereocenters. The predicted molar refractivity (Wildman–Crippen MR) is 68.2 cm³/mol. The van der Waals surface area contributed by atoms with E-state index in [9.17, 15) is 14.4 Å². The van der Waals surface area contributed by atoms with Gasteiger partial charge in [0.15, 0.2) is 5.12 Å². The van der Waals surface area contributed by atoms with Crippen LogP contribution >= 0.6 is 24.4 Å². The third kappa shape index (κ3) is 13.2. The Balaban J connectivity index is 0. The second-order valence-electron chi connectivity index (χ2n) is 2.87. The fourth-order valence-electron chi connectivity index (χ4n) is 0.357. The van der Waals surface area contributed by atoms with Gasteiger partial charge in [-0.15, -0.1) is 0 Å². The van der Waals surface area contributed by atoms with E-state index in [1.807, 2.05) is 0 Å². The Hall–Kier alpha value is -0.770. The summed E-state index contributed by atoms with van der Waals surface area (Å²) in [4.78, 5) is 30.1. The van der Waals surface area contributed by atoms with Gasteiger partial charge in [0.2, 0.25) is 0 Å². The Morgan fingerprint density at radius 2 is 1.59 bits per heavy atom. The van der Waals surface area contributed by atoms with Gasteiger partial charge in [-0.3, -0.25) is 14.4 Å². The summed E-state index contributed by atoms with van der Waals surface area (Å²) in [6.07, 6.45) is 0. The van der Waals surface area contributed by atoms with Gasteiger partial charge in [-0.2, -0.15) is 12.6 Å². The van der Waals surface area contributed by atoms with E-state index in [0.717, 1.165) is 11.8 Å². The van der Waals surface area contributed by atoms with Gasteiger partial charge < -0.3 is 21.7 Å². The van der Waals surface area contributed by atoms with Crippen LogP contribution in [0.4, 0.5) is 0 Å². The van der Waals surface area contributed by atoms with Crippen molar-refractivity contribution < 1.29 is 24.6 Å². The van der Waals surface area contributed by atoms with Gasteiger partial charge >= 0.3 is 11.9 Å². The molecule has 2 atom stereocenters. The van der Waals surface area contributed by atoms with E-state index in [1.54, 1.807) is 0 Å². The number of hydrogen-bond acceptors (Lipinski definition) is 7. The van der Waals surface area contributed by atoms with Crippen LogP contribution in [0.3, 0.4) is 0 Å². The van der Waals surface area contributed by atoms with E-state index in [2.05, 4.69) is 12.6 Å². The molecule has 6 N–H and O–H groups in total. The maximum Gasteiger partial charge on any atom is 0.321 e. The van der Waals surface area contributed by atoms with Gasteiger partial charge in [-0.05, 0) is 0 Å². The van der Waals surface area contributed by atoms with Gasteiger partial charge in [-0.1, -0.05) is 11.8 Å². The zero-order valence-electron chi connectivity index (χ0n) is 9.20. The molecule has 7 nitrogen and oxygen atoms in total. The summed E-state index contributed by atoms with van der Waals surface area (Å²) in [5, 5.41) is 16.1. The Morgan fingerprint density at radius 1 is 1.18 bits per heavy atom. The van der Waals surface area contributed by atoms with Crippen molar-refractivity contribution in [2.45, 2.75) is 19.0 Å². The number of carbonyl (C=O) groups excluding carboxylic acids is 1. The minimum Gasteiger partial charge on any atom is -0.480 e. The third-order valence-electron chi connectivity index (χ3n) is 1.30. The number of carboxylic acid groups (broad SMARTS) is 2. The molecule has 0 aliphatic carbocycles. The lowest BCUT2D eigenvalue weighted by Gasteiger charge is -2.01. The largest absolute Gasteiger partial charge is 0.480 e.